The van der Waals surface area contributed by atoms with Crippen LogP contribution in [-0.2, 0) is 19.8 Å². The molecule has 2 amide bonds. The Morgan fingerprint density at radius 1 is 1.35 bits per heavy atom. The maximum absolute atomic E-state index is 13.4. The number of nitrogens with zero attached hydrogens (tertiary/aromatic N) is 4. The first-order chi connectivity index (χ1) is 16.1. The van der Waals surface area contributed by atoms with Gasteiger partial charge in [-0.15, -0.1) is 0 Å². The van der Waals surface area contributed by atoms with Crippen molar-refractivity contribution in [1.82, 2.24) is 18.9 Å². The maximum Gasteiger partial charge on any atom is 0.282 e. The van der Waals surface area contributed by atoms with Gasteiger partial charge >= 0.3 is 0 Å². The number of hydrogen-bond donors (Lipinski definition) is 2. The van der Waals surface area contributed by atoms with Crippen molar-refractivity contribution >= 4 is 48.7 Å². The molecule has 186 valence electrons. The lowest BCUT2D eigenvalue weighted by Crippen LogP contribution is -2.51. The average Bonchev–Trinajstić information content (AvgIpc) is 3.46. The molecule has 2 N–H and O–H groups in total. The minimum Gasteiger partial charge on any atom is -0.394 e. The van der Waals surface area contributed by atoms with Gasteiger partial charge in [-0.25, -0.2) is 4.98 Å². The van der Waals surface area contributed by atoms with E-state index in [2.05, 4.69) is 10.3 Å². The molecule has 2 aliphatic heterocycles. The molecule has 4 rings (SSSR count). The van der Waals surface area contributed by atoms with E-state index in [1.54, 1.807) is 11.8 Å². The average molecular weight is 510 g/mol. The van der Waals surface area contributed by atoms with Crippen LogP contribution in [0.5, 0.6) is 0 Å². The van der Waals surface area contributed by atoms with Gasteiger partial charge in [0.2, 0.25) is 11.8 Å². The van der Waals surface area contributed by atoms with Crippen molar-refractivity contribution in [3.8, 4) is 0 Å². The smallest absolute Gasteiger partial charge is 0.282 e. The van der Waals surface area contributed by atoms with E-state index in [4.69, 9.17) is 0 Å². The van der Waals surface area contributed by atoms with E-state index >= 15 is 0 Å². The SMILES string of the molecule is CC(C)[C@H](CO)NC(=O)CN(C)S(=O)(=O)N1CC[C@H]2[C@H]1[C@H](C)C(=O)N2c1nc2ccccc2s1. The van der Waals surface area contributed by atoms with E-state index in [1.807, 2.05) is 38.1 Å². The Balaban J connectivity index is 1.52. The summed E-state index contributed by atoms with van der Waals surface area (Å²) in [5.74, 6) is -1.15. The molecular weight excluding hydrogens is 478 g/mol. The summed E-state index contributed by atoms with van der Waals surface area (Å²) in [6, 6.07) is 6.36. The van der Waals surface area contributed by atoms with E-state index < -0.39 is 34.1 Å². The van der Waals surface area contributed by atoms with E-state index in [9.17, 15) is 23.1 Å². The predicted molar refractivity (Wildman–Crippen MR) is 131 cm³/mol. The predicted octanol–water partition coefficient (Wildman–Crippen LogP) is 1.03. The summed E-state index contributed by atoms with van der Waals surface area (Å²) in [5.41, 5.74) is 0.808. The lowest BCUT2D eigenvalue weighted by atomic mass is 10.0. The minimum absolute atomic E-state index is 0.00838. The maximum atomic E-state index is 13.4. The summed E-state index contributed by atoms with van der Waals surface area (Å²) in [6.45, 7) is 5.14. The molecule has 1 aromatic carbocycles. The quantitative estimate of drug-likeness (QED) is 0.548. The van der Waals surface area contributed by atoms with Crippen LogP contribution in [0.15, 0.2) is 24.3 Å². The monoisotopic (exact) mass is 509 g/mol. The van der Waals surface area contributed by atoms with Crippen molar-refractivity contribution < 1.29 is 23.1 Å². The third-order valence-electron chi connectivity index (χ3n) is 6.74. The van der Waals surface area contributed by atoms with Crippen molar-refractivity contribution in [2.75, 3.05) is 31.6 Å². The number of fused-ring (bicyclic) bond motifs is 2. The van der Waals surface area contributed by atoms with Crippen molar-refractivity contribution in [3.05, 3.63) is 24.3 Å². The molecule has 2 fully saturated rings. The van der Waals surface area contributed by atoms with Gasteiger partial charge in [0.25, 0.3) is 10.2 Å². The van der Waals surface area contributed by atoms with Gasteiger partial charge in [0.15, 0.2) is 5.13 Å². The molecule has 0 saturated carbocycles. The highest BCUT2D eigenvalue weighted by atomic mass is 32.2. The van der Waals surface area contributed by atoms with Gasteiger partial charge in [0.1, 0.15) is 0 Å². The number of thiazole rings is 1. The lowest BCUT2D eigenvalue weighted by Gasteiger charge is -2.30. The fourth-order valence-corrected chi connectivity index (χ4v) is 7.41. The molecule has 34 heavy (non-hydrogen) atoms. The zero-order valence-corrected chi connectivity index (χ0v) is 21.3. The Labute approximate surface area is 203 Å². The van der Waals surface area contributed by atoms with E-state index in [0.717, 1.165) is 14.5 Å². The van der Waals surface area contributed by atoms with Crippen LogP contribution in [0.25, 0.3) is 10.2 Å². The standard InChI is InChI=1S/C22H31N5O5S2/c1-13(2)16(12-28)23-19(29)11-25(4)34(31,32)26-10-9-17-20(26)14(3)21(30)27(17)22-24-15-7-5-6-8-18(15)33-22/h5-8,13-14,16-17,20,28H,9-12H2,1-4H3,(H,23,29)/t14-,16-,17-,20+/m0/s1. The second-order valence-corrected chi connectivity index (χ2v) is 12.3. The Morgan fingerprint density at radius 2 is 2.06 bits per heavy atom. The number of para-hydroxylation sites is 1. The highest BCUT2D eigenvalue weighted by molar-refractivity contribution is 7.86. The Morgan fingerprint density at radius 3 is 2.71 bits per heavy atom. The first kappa shape index (κ1) is 25.0. The van der Waals surface area contributed by atoms with Crippen LogP contribution in [0.2, 0.25) is 0 Å². The van der Waals surface area contributed by atoms with Gasteiger partial charge in [-0.1, -0.05) is 44.2 Å². The van der Waals surface area contributed by atoms with Gasteiger partial charge in [0.05, 0.1) is 47.4 Å². The number of rotatable bonds is 8. The van der Waals surface area contributed by atoms with Crippen molar-refractivity contribution in [3.63, 3.8) is 0 Å². The van der Waals surface area contributed by atoms with Crippen LogP contribution in [-0.4, -0.2) is 83.8 Å². The fourth-order valence-electron chi connectivity index (χ4n) is 4.77. The third kappa shape index (κ3) is 4.33. The number of aliphatic hydroxyl groups is 1. The van der Waals surface area contributed by atoms with E-state index in [1.165, 1.54) is 22.7 Å². The number of benzene rings is 1. The number of anilines is 1. The number of carbonyl (C=O) groups is 2. The molecule has 0 aliphatic carbocycles. The van der Waals surface area contributed by atoms with Crippen LogP contribution in [0.3, 0.4) is 0 Å². The molecule has 1 aromatic heterocycles. The van der Waals surface area contributed by atoms with Crippen molar-refractivity contribution in [1.29, 1.82) is 0 Å². The van der Waals surface area contributed by atoms with E-state index in [0.29, 0.717) is 11.6 Å². The number of amides is 2. The third-order valence-corrected chi connectivity index (χ3v) is 9.71. The van der Waals surface area contributed by atoms with Gasteiger partial charge in [-0.05, 0) is 24.5 Å². The zero-order chi connectivity index (χ0) is 24.8. The molecule has 3 heterocycles. The molecule has 2 saturated heterocycles. The largest absolute Gasteiger partial charge is 0.394 e. The van der Waals surface area contributed by atoms with Crippen LogP contribution < -0.4 is 10.2 Å². The number of aliphatic hydroxyl groups excluding tert-OH is 1. The Bertz CT molecular complexity index is 1150. The minimum atomic E-state index is -3.99. The van der Waals surface area contributed by atoms with Crippen LogP contribution >= 0.6 is 11.3 Å². The Hall–Kier alpha value is -2.12. The van der Waals surface area contributed by atoms with Gasteiger partial charge in [-0.3, -0.25) is 14.5 Å². The molecular formula is C22H31N5O5S2. The number of nitrogens with one attached hydrogen (secondary N) is 1. The molecule has 10 nitrogen and oxygen atoms in total. The summed E-state index contributed by atoms with van der Waals surface area (Å²) in [7, 11) is -2.63. The summed E-state index contributed by atoms with van der Waals surface area (Å²) in [5, 5.41) is 12.7. The van der Waals surface area contributed by atoms with Gasteiger partial charge < -0.3 is 10.4 Å². The highest BCUT2D eigenvalue weighted by Crippen LogP contribution is 2.42. The zero-order valence-electron chi connectivity index (χ0n) is 19.7. The Kier molecular flexibility index (Phi) is 6.98. The topological polar surface area (TPSA) is 123 Å². The molecule has 4 atom stereocenters. The summed E-state index contributed by atoms with van der Waals surface area (Å²) in [6.07, 6.45) is 0.496. The highest BCUT2D eigenvalue weighted by Gasteiger charge is 2.56. The first-order valence-corrected chi connectivity index (χ1v) is 13.6. The number of hydrogen-bond acceptors (Lipinski definition) is 7. The molecule has 0 spiro atoms. The first-order valence-electron chi connectivity index (χ1n) is 11.4. The van der Waals surface area contributed by atoms with Gasteiger partial charge in [0, 0.05) is 13.6 Å². The van der Waals surface area contributed by atoms with Crippen LogP contribution in [0.4, 0.5) is 5.13 Å². The summed E-state index contributed by atoms with van der Waals surface area (Å²) < 4.78 is 30.2. The number of carbonyl (C=O) groups excluding carboxylic acids is 2. The molecule has 12 heteroatoms. The van der Waals surface area contributed by atoms with Gasteiger partial charge in [-0.2, -0.15) is 17.0 Å². The summed E-state index contributed by atoms with van der Waals surface area (Å²) >= 11 is 1.42. The number of likely N-dealkylation sites (N-methyl/N-ethyl adjacent to an activating group) is 1. The fraction of sp³-hybridized carbons (Fsp3) is 0.591. The normalized spacial score (nSPS) is 24.4. The van der Waals surface area contributed by atoms with Crippen LogP contribution in [0.1, 0.15) is 27.2 Å². The second kappa shape index (κ2) is 9.50. The van der Waals surface area contributed by atoms with E-state index in [-0.39, 0.29) is 37.6 Å². The molecule has 0 unspecified atom stereocenters. The van der Waals surface area contributed by atoms with Crippen molar-refractivity contribution in [2.24, 2.45) is 11.8 Å². The lowest BCUT2D eigenvalue weighted by molar-refractivity contribution is -0.123. The van der Waals surface area contributed by atoms with Crippen molar-refractivity contribution in [2.45, 2.75) is 45.3 Å². The molecule has 0 bridgehead atoms. The van der Waals surface area contributed by atoms with Crippen LogP contribution in [0, 0.1) is 11.8 Å². The number of aromatic nitrogens is 1. The second-order valence-electron chi connectivity index (χ2n) is 9.28. The molecule has 0 radical (unpaired) electrons. The summed E-state index contributed by atoms with van der Waals surface area (Å²) in [4.78, 5) is 31.9. The molecule has 2 aromatic rings. The molecule has 2 aliphatic rings.